The standard InChI is InChI=1S/C8H7N7O/c1-16-6-2-3-8(7(4-6)11-12-9)15-5-10-13-14-15/h2-5H,1H3. The van der Waals surface area contributed by atoms with Crippen molar-refractivity contribution in [2.45, 2.75) is 0 Å². The van der Waals surface area contributed by atoms with Crippen LogP contribution >= 0.6 is 0 Å². The monoisotopic (exact) mass is 217 g/mol. The first kappa shape index (κ1) is 9.94. The number of nitrogens with zero attached hydrogens (tertiary/aromatic N) is 7. The topological polar surface area (TPSA) is 102 Å². The second kappa shape index (κ2) is 4.28. The third kappa shape index (κ3) is 1.77. The molecule has 80 valence electrons. The molecule has 0 saturated heterocycles. The zero-order chi connectivity index (χ0) is 11.4. The zero-order valence-corrected chi connectivity index (χ0v) is 8.35. The SMILES string of the molecule is COc1ccc(-n2cnnn2)c(N=[N+]=[N-])c1. The van der Waals surface area contributed by atoms with Gasteiger partial charge in [0.25, 0.3) is 0 Å². The third-order valence-corrected chi connectivity index (χ3v) is 1.93. The maximum Gasteiger partial charge on any atom is 0.143 e. The molecule has 2 aromatic rings. The van der Waals surface area contributed by atoms with Gasteiger partial charge < -0.3 is 4.74 Å². The minimum Gasteiger partial charge on any atom is -0.497 e. The van der Waals surface area contributed by atoms with Gasteiger partial charge in [-0.1, -0.05) is 5.11 Å². The summed E-state index contributed by atoms with van der Waals surface area (Å²) in [6.07, 6.45) is 1.41. The van der Waals surface area contributed by atoms with Gasteiger partial charge in [-0.2, -0.15) is 0 Å². The Morgan fingerprint density at radius 3 is 3.00 bits per heavy atom. The van der Waals surface area contributed by atoms with Gasteiger partial charge in [-0.3, -0.25) is 0 Å². The molecule has 1 aromatic heterocycles. The number of ether oxygens (including phenoxy) is 1. The minimum absolute atomic E-state index is 0.397. The maximum absolute atomic E-state index is 8.46. The Bertz CT molecular complexity index is 529. The molecule has 0 aliphatic rings. The van der Waals surface area contributed by atoms with Gasteiger partial charge in [0.05, 0.1) is 18.5 Å². The van der Waals surface area contributed by atoms with Crippen molar-refractivity contribution in [1.82, 2.24) is 20.2 Å². The molecule has 8 heteroatoms. The number of aromatic nitrogens is 4. The predicted molar refractivity (Wildman–Crippen MR) is 54.5 cm³/mol. The Labute approximate surface area is 90.1 Å². The third-order valence-electron chi connectivity index (χ3n) is 1.93. The molecule has 0 amide bonds. The molecule has 0 bridgehead atoms. The van der Waals surface area contributed by atoms with Crippen molar-refractivity contribution in [2.75, 3.05) is 7.11 Å². The lowest BCUT2D eigenvalue weighted by Gasteiger charge is -2.05. The molecule has 16 heavy (non-hydrogen) atoms. The van der Waals surface area contributed by atoms with Crippen LogP contribution in [-0.4, -0.2) is 27.3 Å². The van der Waals surface area contributed by atoms with Crippen LogP contribution in [0.15, 0.2) is 29.6 Å². The van der Waals surface area contributed by atoms with E-state index < -0.39 is 0 Å². The molecule has 2 rings (SSSR count). The van der Waals surface area contributed by atoms with E-state index in [0.717, 1.165) is 0 Å². The average molecular weight is 217 g/mol. The molecule has 0 aliphatic heterocycles. The lowest BCUT2D eigenvalue weighted by atomic mass is 10.2. The van der Waals surface area contributed by atoms with E-state index in [-0.39, 0.29) is 0 Å². The van der Waals surface area contributed by atoms with E-state index in [1.54, 1.807) is 18.2 Å². The summed E-state index contributed by atoms with van der Waals surface area (Å²) in [6, 6.07) is 5.04. The lowest BCUT2D eigenvalue weighted by Crippen LogP contribution is -1.95. The molecule has 0 N–H and O–H groups in total. The van der Waals surface area contributed by atoms with Crippen molar-refractivity contribution in [3.8, 4) is 11.4 Å². The van der Waals surface area contributed by atoms with Gasteiger partial charge in [-0.25, -0.2) is 4.68 Å². The van der Waals surface area contributed by atoms with Crippen molar-refractivity contribution in [2.24, 2.45) is 5.11 Å². The number of benzene rings is 1. The highest BCUT2D eigenvalue weighted by atomic mass is 16.5. The summed E-state index contributed by atoms with van der Waals surface area (Å²) in [4.78, 5) is 2.74. The Balaban J connectivity index is 2.56. The maximum atomic E-state index is 8.46. The van der Waals surface area contributed by atoms with E-state index in [0.29, 0.717) is 17.1 Å². The molecule has 0 aliphatic carbocycles. The first-order valence-corrected chi connectivity index (χ1v) is 4.31. The summed E-state index contributed by atoms with van der Waals surface area (Å²) in [5, 5.41) is 14.3. The molecule has 0 spiro atoms. The number of rotatable bonds is 3. The Morgan fingerprint density at radius 2 is 2.38 bits per heavy atom. The van der Waals surface area contributed by atoms with Crippen LogP contribution in [-0.2, 0) is 0 Å². The molecule has 1 aromatic carbocycles. The van der Waals surface area contributed by atoms with Gasteiger partial charge in [-0.05, 0) is 34.2 Å². The van der Waals surface area contributed by atoms with Gasteiger partial charge in [0.1, 0.15) is 12.1 Å². The highest BCUT2D eigenvalue weighted by Crippen LogP contribution is 2.27. The van der Waals surface area contributed by atoms with E-state index in [1.807, 2.05) is 0 Å². The highest BCUT2D eigenvalue weighted by molar-refractivity contribution is 5.59. The van der Waals surface area contributed by atoms with Gasteiger partial charge in [0.15, 0.2) is 0 Å². The Hall–Kier alpha value is -2.60. The summed E-state index contributed by atoms with van der Waals surface area (Å²) in [6.45, 7) is 0. The van der Waals surface area contributed by atoms with Crippen molar-refractivity contribution < 1.29 is 4.74 Å². The number of azide groups is 1. The van der Waals surface area contributed by atoms with Gasteiger partial charge in [0.2, 0.25) is 0 Å². The molecule has 0 fully saturated rings. The molecular weight excluding hydrogens is 210 g/mol. The van der Waals surface area contributed by atoms with Crippen LogP contribution in [0.1, 0.15) is 0 Å². The quantitative estimate of drug-likeness (QED) is 0.442. The minimum atomic E-state index is 0.397. The first-order chi connectivity index (χ1) is 7.85. The van der Waals surface area contributed by atoms with Crippen LogP contribution in [0.25, 0.3) is 16.1 Å². The fourth-order valence-corrected chi connectivity index (χ4v) is 1.22. The fourth-order valence-electron chi connectivity index (χ4n) is 1.22. The van der Waals surface area contributed by atoms with E-state index in [2.05, 4.69) is 25.6 Å². The van der Waals surface area contributed by atoms with Crippen LogP contribution in [0.4, 0.5) is 5.69 Å². The smallest absolute Gasteiger partial charge is 0.143 e. The van der Waals surface area contributed by atoms with E-state index >= 15 is 0 Å². The van der Waals surface area contributed by atoms with E-state index in [4.69, 9.17) is 10.3 Å². The number of tetrazole rings is 1. The highest BCUT2D eigenvalue weighted by Gasteiger charge is 2.05. The Morgan fingerprint density at radius 1 is 1.50 bits per heavy atom. The van der Waals surface area contributed by atoms with Crippen molar-refractivity contribution in [1.29, 1.82) is 0 Å². The van der Waals surface area contributed by atoms with Gasteiger partial charge >= 0.3 is 0 Å². The zero-order valence-electron chi connectivity index (χ0n) is 8.35. The average Bonchev–Trinajstić information content (AvgIpc) is 2.83. The number of hydrogen-bond acceptors (Lipinski definition) is 5. The molecule has 0 atom stereocenters. The van der Waals surface area contributed by atoms with Crippen molar-refractivity contribution >= 4 is 5.69 Å². The van der Waals surface area contributed by atoms with Crippen molar-refractivity contribution in [3.05, 3.63) is 35.0 Å². The summed E-state index contributed by atoms with van der Waals surface area (Å²) in [5.41, 5.74) is 9.45. The second-order valence-corrected chi connectivity index (χ2v) is 2.80. The van der Waals surface area contributed by atoms with Crippen LogP contribution in [0.3, 0.4) is 0 Å². The number of hydrogen-bond donors (Lipinski definition) is 0. The molecule has 1 heterocycles. The number of methoxy groups -OCH3 is 1. The predicted octanol–water partition coefficient (Wildman–Crippen LogP) is 1.61. The van der Waals surface area contributed by atoms with Crippen LogP contribution < -0.4 is 4.74 Å². The molecule has 0 radical (unpaired) electrons. The van der Waals surface area contributed by atoms with Gasteiger partial charge in [0, 0.05) is 4.91 Å². The van der Waals surface area contributed by atoms with E-state index in [9.17, 15) is 0 Å². The van der Waals surface area contributed by atoms with Crippen LogP contribution in [0, 0.1) is 0 Å². The lowest BCUT2D eigenvalue weighted by molar-refractivity contribution is 0.415. The normalized spacial score (nSPS) is 9.56. The summed E-state index contributed by atoms with van der Waals surface area (Å²) < 4.78 is 6.44. The first-order valence-electron chi connectivity index (χ1n) is 4.31. The molecule has 0 saturated carbocycles. The van der Waals surface area contributed by atoms with Crippen LogP contribution in [0.5, 0.6) is 5.75 Å². The fraction of sp³-hybridized carbons (Fsp3) is 0.125. The van der Waals surface area contributed by atoms with E-state index in [1.165, 1.54) is 18.1 Å². The largest absolute Gasteiger partial charge is 0.497 e. The summed E-state index contributed by atoms with van der Waals surface area (Å²) >= 11 is 0. The van der Waals surface area contributed by atoms with Gasteiger partial charge in [-0.15, -0.1) is 5.10 Å². The molecule has 0 unspecified atom stereocenters. The Kier molecular flexibility index (Phi) is 2.66. The van der Waals surface area contributed by atoms with Crippen molar-refractivity contribution in [3.63, 3.8) is 0 Å². The van der Waals surface area contributed by atoms with Crippen LogP contribution in [0.2, 0.25) is 0 Å². The summed E-state index contributed by atoms with van der Waals surface area (Å²) in [7, 11) is 1.53. The molecule has 8 nitrogen and oxygen atoms in total. The molecular formula is C8H7N7O. The second-order valence-electron chi connectivity index (χ2n) is 2.80. The summed E-state index contributed by atoms with van der Waals surface area (Å²) in [5.74, 6) is 0.597.